The lowest BCUT2D eigenvalue weighted by atomic mass is 9.81. The molecule has 6 nitrogen and oxygen atoms in total. The molecular weight excluding hydrogens is 356 g/mol. The largest absolute Gasteiger partial charge is 0.455 e. The van der Waals surface area contributed by atoms with E-state index in [9.17, 15) is 14.4 Å². The maximum absolute atomic E-state index is 12.6. The highest BCUT2D eigenvalue weighted by Crippen LogP contribution is 2.38. The van der Waals surface area contributed by atoms with E-state index in [2.05, 4.69) is 5.32 Å². The zero-order valence-corrected chi connectivity index (χ0v) is 15.5. The Morgan fingerprint density at radius 1 is 0.929 bits per heavy atom. The van der Waals surface area contributed by atoms with Gasteiger partial charge in [0.05, 0.1) is 17.5 Å². The fourth-order valence-electron chi connectivity index (χ4n) is 3.99. The van der Waals surface area contributed by atoms with Crippen LogP contribution in [0.5, 0.6) is 11.5 Å². The number of amides is 3. The first kappa shape index (κ1) is 18.2. The first-order chi connectivity index (χ1) is 13.6. The minimum absolute atomic E-state index is 0.210. The Morgan fingerprint density at radius 3 is 2.21 bits per heavy atom. The van der Waals surface area contributed by atoms with Gasteiger partial charge in [-0.3, -0.25) is 19.3 Å². The summed E-state index contributed by atoms with van der Waals surface area (Å²) in [6.07, 6.45) is 3.40. The average Bonchev–Trinajstić information content (AvgIpc) is 2.95. The molecule has 1 aliphatic carbocycles. The fourth-order valence-corrected chi connectivity index (χ4v) is 3.99. The van der Waals surface area contributed by atoms with Gasteiger partial charge in [0.25, 0.3) is 0 Å². The number of ether oxygens (including phenoxy) is 1. The lowest BCUT2D eigenvalue weighted by molar-refractivity contribution is -0.142. The third kappa shape index (κ3) is 3.63. The maximum atomic E-state index is 12.6. The number of imide groups is 1. The number of nitrogens with one attached hydrogen (secondary N) is 1. The van der Waals surface area contributed by atoms with Crippen LogP contribution in [0.25, 0.3) is 0 Å². The number of benzene rings is 2. The Kier molecular flexibility index (Phi) is 5.10. The molecule has 1 saturated carbocycles. The monoisotopic (exact) mass is 378 g/mol. The summed E-state index contributed by atoms with van der Waals surface area (Å²) in [5.41, 5.74) is 0.493. The molecule has 28 heavy (non-hydrogen) atoms. The topological polar surface area (TPSA) is 75.7 Å². The summed E-state index contributed by atoms with van der Waals surface area (Å²) in [4.78, 5) is 38.8. The van der Waals surface area contributed by atoms with Crippen LogP contribution < -0.4 is 10.1 Å². The average molecular weight is 378 g/mol. The molecule has 2 atom stereocenters. The van der Waals surface area contributed by atoms with Gasteiger partial charge in [-0.1, -0.05) is 43.2 Å². The zero-order chi connectivity index (χ0) is 19.5. The van der Waals surface area contributed by atoms with E-state index in [0.717, 1.165) is 30.6 Å². The van der Waals surface area contributed by atoms with E-state index in [1.807, 2.05) is 36.4 Å². The minimum atomic E-state index is -0.413. The number of hydrogen-bond acceptors (Lipinski definition) is 4. The van der Waals surface area contributed by atoms with Gasteiger partial charge in [-0.25, -0.2) is 0 Å². The van der Waals surface area contributed by atoms with E-state index in [0.29, 0.717) is 17.2 Å². The summed E-state index contributed by atoms with van der Waals surface area (Å²) in [6, 6.07) is 16.3. The number of rotatable bonds is 5. The molecule has 0 aromatic heterocycles. The van der Waals surface area contributed by atoms with E-state index in [1.54, 1.807) is 18.2 Å². The number of nitrogens with zero attached hydrogens (tertiary/aromatic N) is 1. The van der Waals surface area contributed by atoms with Crippen molar-refractivity contribution in [3.8, 4) is 11.5 Å². The molecule has 1 N–H and O–H groups in total. The lowest BCUT2D eigenvalue weighted by Crippen LogP contribution is -2.38. The van der Waals surface area contributed by atoms with Crippen LogP contribution in [0.1, 0.15) is 25.7 Å². The van der Waals surface area contributed by atoms with Gasteiger partial charge in [-0.2, -0.15) is 0 Å². The van der Waals surface area contributed by atoms with E-state index in [1.165, 1.54) is 0 Å². The molecule has 0 spiro atoms. The second-order valence-electron chi connectivity index (χ2n) is 7.22. The van der Waals surface area contributed by atoms with Crippen molar-refractivity contribution in [1.29, 1.82) is 0 Å². The van der Waals surface area contributed by atoms with Gasteiger partial charge in [-0.05, 0) is 37.1 Å². The van der Waals surface area contributed by atoms with Gasteiger partial charge >= 0.3 is 0 Å². The number of para-hydroxylation sites is 3. The van der Waals surface area contributed by atoms with E-state index in [4.69, 9.17) is 4.74 Å². The molecule has 2 aromatic carbocycles. The normalized spacial score (nSPS) is 21.4. The second kappa shape index (κ2) is 7.84. The van der Waals surface area contributed by atoms with Crippen molar-refractivity contribution in [1.82, 2.24) is 4.90 Å². The summed E-state index contributed by atoms with van der Waals surface area (Å²) in [5, 5.41) is 2.77. The molecule has 2 aromatic rings. The highest BCUT2D eigenvalue weighted by Gasteiger charge is 2.48. The Morgan fingerprint density at radius 2 is 1.54 bits per heavy atom. The number of fused-ring (bicyclic) bond motifs is 1. The van der Waals surface area contributed by atoms with E-state index >= 15 is 0 Å². The molecule has 0 bridgehead atoms. The summed E-state index contributed by atoms with van der Waals surface area (Å²) >= 11 is 0. The zero-order valence-electron chi connectivity index (χ0n) is 15.5. The number of carbonyl (C=O) groups is 3. The van der Waals surface area contributed by atoms with E-state index < -0.39 is 5.91 Å². The molecule has 6 heteroatoms. The van der Waals surface area contributed by atoms with Crippen LogP contribution in [0.2, 0.25) is 0 Å². The van der Waals surface area contributed by atoms with Crippen molar-refractivity contribution in [2.24, 2.45) is 11.8 Å². The Balaban J connectivity index is 1.44. The lowest BCUT2D eigenvalue weighted by Gasteiger charge is -2.19. The molecule has 2 unspecified atom stereocenters. The Labute approximate surface area is 163 Å². The fraction of sp³-hybridized carbons (Fsp3) is 0.318. The highest BCUT2D eigenvalue weighted by atomic mass is 16.5. The third-order valence-electron chi connectivity index (χ3n) is 5.37. The molecule has 1 saturated heterocycles. The second-order valence-corrected chi connectivity index (χ2v) is 7.22. The summed E-state index contributed by atoms with van der Waals surface area (Å²) in [5.74, 6) is -0.180. The van der Waals surface area contributed by atoms with Gasteiger partial charge in [0.2, 0.25) is 17.7 Å². The smallest absolute Gasteiger partial charge is 0.244 e. The third-order valence-corrected chi connectivity index (χ3v) is 5.37. The first-order valence-corrected chi connectivity index (χ1v) is 9.60. The number of carbonyl (C=O) groups excluding carboxylic acids is 3. The summed E-state index contributed by atoms with van der Waals surface area (Å²) < 4.78 is 5.84. The molecule has 1 heterocycles. The quantitative estimate of drug-likeness (QED) is 0.807. The van der Waals surface area contributed by atoms with Crippen molar-refractivity contribution in [2.45, 2.75) is 25.7 Å². The molecular formula is C22H22N2O4. The molecule has 2 fully saturated rings. The van der Waals surface area contributed by atoms with Crippen molar-refractivity contribution in [3.63, 3.8) is 0 Å². The van der Waals surface area contributed by atoms with Crippen LogP contribution in [0.3, 0.4) is 0 Å². The van der Waals surface area contributed by atoms with Gasteiger partial charge in [0.15, 0.2) is 5.75 Å². The van der Waals surface area contributed by atoms with Crippen LogP contribution in [0.15, 0.2) is 54.6 Å². The maximum Gasteiger partial charge on any atom is 0.244 e. The van der Waals surface area contributed by atoms with Crippen LogP contribution in [-0.2, 0) is 14.4 Å². The van der Waals surface area contributed by atoms with Crippen molar-refractivity contribution >= 4 is 23.4 Å². The Bertz CT molecular complexity index is 872. The molecule has 1 aliphatic heterocycles. The van der Waals surface area contributed by atoms with Gasteiger partial charge in [0.1, 0.15) is 12.3 Å². The molecule has 2 aliphatic rings. The predicted octanol–water partition coefficient (Wildman–Crippen LogP) is 3.59. The van der Waals surface area contributed by atoms with Gasteiger partial charge in [-0.15, -0.1) is 0 Å². The molecule has 4 rings (SSSR count). The van der Waals surface area contributed by atoms with Gasteiger partial charge < -0.3 is 10.1 Å². The van der Waals surface area contributed by atoms with Crippen LogP contribution >= 0.6 is 0 Å². The summed E-state index contributed by atoms with van der Waals surface area (Å²) in [6.45, 7) is -0.260. The highest BCUT2D eigenvalue weighted by molar-refractivity contribution is 6.08. The predicted molar refractivity (Wildman–Crippen MR) is 104 cm³/mol. The number of hydrogen-bond donors (Lipinski definition) is 1. The van der Waals surface area contributed by atoms with Crippen LogP contribution in [0, 0.1) is 11.8 Å². The first-order valence-electron chi connectivity index (χ1n) is 9.60. The number of likely N-dealkylation sites (tertiary alicyclic amines) is 1. The van der Waals surface area contributed by atoms with Crippen LogP contribution in [-0.4, -0.2) is 29.2 Å². The minimum Gasteiger partial charge on any atom is -0.455 e. The van der Waals surface area contributed by atoms with Crippen molar-refractivity contribution < 1.29 is 19.1 Å². The Hall–Kier alpha value is -3.15. The van der Waals surface area contributed by atoms with Crippen molar-refractivity contribution in [2.75, 3.05) is 11.9 Å². The van der Waals surface area contributed by atoms with E-state index in [-0.39, 0.29) is 30.2 Å². The standard InChI is InChI=1S/C22H22N2O4/c25-20(14-24-21(26)16-10-4-5-11-17(16)22(24)27)23-18-12-6-7-13-19(18)28-15-8-2-1-3-9-15/h1-3,6-9,12-13,16-17H,4-5,10-11,14H2,(H,23,25). The molecule has 144 valence electrons. The van der Waals surface area contributed by atoms with Gasteiger partial charge in [0, 0.05) is 0 Å². The molecule has 0 radical (unpaired) electrons. The molecule has 3 amide bonds. The number of anilines is 1. The van der Waals surface area contributed by atoms with Crippen molar-refractivity contribution in [3.05, 3.63) is 54.6 Å². The summed E-state index contributed by atoms with van der Waals surface area (Å²) in [7, 11) is 0. The van der Waals surface area contributed by atoms with Crippen LogP contribution in [0.4, 0.5) is 5.69 Å². The SMILES string of the molecule is O=C(CN1C(=O)C2CCCCC2C1=O)Nc1ccccc1Oc1ccccc1.